The van der Waals surface area contributed by atoms with Gasteiger partial charge in [0.15, 0.2) is 0 Å². The van der Waals surface area contributed by atoms with E-state index in [4.69, 9.17) is 0 Å². The van der Waals surface area contributed by atoms with Crippen LogP contribution in [0.25, 0.3) is 11.1 Å². The van der Waals surface area contributed by atoms with Gasteiger partial charge in [-0.25, -0.2) is 4.79 Å². The number of hydrogen-bond acceptors (Lipinski definition) is 3. The van der Waals surface area contributed by atoms with E-state index in [0.29, 0.717) is 10.6 Å². The molecule has 1 fully saturated rings. The molecule has 0 spiro atoms. The smallest absolute Gasteiger partial charge is 0.339 e. The summed E-state index contributed by atoms with van der Waals surface area (Å²) < 4.78 is 0.924. The molecule has 2 atom stereocenters. The average Bonchev–Trinajstić information content (AvgIpc) is 3.37. The Kier molecular flexibility index (Phi) is 4.85. The van der Waals surface area contributed by atoms with E-state index in [9.17, 15) is 14.7 Å². The summed E-state index contributed by atoms with van der Waals surface area (Å²) in [4.78, 5) is 24.5. The molecule has 3 aromatic rings. The van der Waals surface area contributed by atoms with E-state index in [2.05, 4.69) is 21.2 Å². The van der Waals surface area contributed by atoms with Crippen LogP contribution >= 0.6 is 27.3 Å². The lowest BCUT2D eigenvalue weighted by Crippen LogP contribution is -2.15. The zero-order valence-corrected chi connectivity index (χ0v) is 16.6. The van der Waals surface area contributed by atoms with Gasteiger partial charge in [-0.05, 0) is 35.6 Å². The van der Waals surface area contributed by atoms with E-state index in [1.807, 2.05) is 54.6 Å². The van der Waals surface area contributed by atoms with Gasteiger partial charge in [0.05, 0.1) is 0 Å². The Balaban J connectivity index is 1.55. The highest BCUT2D eigenvalue weighted by Crippen LogP contribution is 2.48. The molecule has 1 heterocycles. The highest BCUT2D eigenvalue weighted by molar-refractivity contribution is 9.10. The Hall–Kier alpha value is -2.44. The predicted octanol–water partition coefficient (Wildman–Crippen LogP) is 5.62. The zero-order valence-electron chi connectivity index (χ0n) is 14.2. The van der Waals surface area contributed by atoms with Gasteiger partial charge >= 0.3 is 5.97 Å². The quantitative estimate of drug-likeness (QED) is 0.539. The number of rotatable bonds is 5. The fourth-order valence-electron chi connectivity index (χ4n) is 3.26. The minimum atomic E-state index is -1.04. The molecule has 6 heteroatoms. The van der Waals surface area contributed by atoms with Gasteiger partial charge in [-0.1, -0.05) is 58.4 Å². The monoisotopic (exact) mass is 441 g/mol. The van der Waals surface area contributed by atoms with E-state index in [-0.39, 0.29) is 23.3 Å². The molecule has 1 saturated carbocycles. The summed E-state index contributed by atoms with van der Waals surface area (Å²) in [6.07, 6.45) is 0.795. The van der Waals surface area contributed by atoms with Crippen LogP contribution in [-0.2, 0) is 4.79 Å². The lowest BCUT2D eigenvalue weighted by atomic mass is 10.0. The third kappa shape index (κ3) is 3.68. The molecule has 1 aliphatic rings. The van der Waals surface area contributed by atoms with Crippen LogP contribution in [0.1, 0.15) is 28.3 Å². The Morgan fingerprint density at radius 1 is 1.07 bits per heavy atom. The number of benzene rings is 2. The lowest BCUT2D eigenvalue weighted by Gasteiger charge is -2.06. The summed E-state index contributed by atoms with van der Waals surface area (Å²) in [6, 6.07) is 17.4. The lowest BCUT2D eigenvalue weighted by molar-refractivity contribution is -0.117. The Morgan fingerprint density at radius 3 is 2.44 bits per heavy atom. The van der Waals surface area contributed by atoms with Crippen molar-refractivity contribution in [3.8, 4) is 11.1 Å². The first-order valence-electron chi connectivity index (χ1n) is 8.51. The first kappa shape index (κ1) is 17.9. The van der Waals surface area contributed by atoms with Crippen molar-refractivity contribution in [2.75, 3.05) is 5.32 Å². The fraction of sp³-hybridized carbons (Fsp3) is 0.143. The summed E-state index contributed by atoms with van der Waals surface area (Å²) in [5.74, 6) is -1.05. The first-order valence-corrected chi connectivity index (χ1v) is 10.2. The highest BCUT2D eigenvalue weighted by atomic mass is 79.9. The van der Waals surface area contributed by atoms with Crippen molar-refractivity contribution in [1.82, 2.24) is 0 Å². The number of thiophene rings is 1. The van der Waals surface area contributed by atoms with E-state index in [1.54, 1.807) is 5.38 Å². The van der Waals surface area contributed by atoms with Gasteiger partial charge < -0.3 is 10.4 Å². The van der Waals surface area contributed by atoms with Crippen molar-refractivity contribution in [3.05, 3.63) is 75.6 Å². The second-order valence-electron chi connectivity index (χ2n) is 6.51. The fourth-order valence-corrected chi connectivity index (χ4v) is 4.49. The van der Waals surface area contributed by atoms with E-state index in [1.165, 1.54) is 11.3 Å². The Bertz CT molecular complexity index is 998. The van der Waals surface area contributed by atoms with E-state index in [0.717, 1.165) is 22.0 Å². The van der Waals surface area contributed by atoms with Gasteiger partial charge in [-0.3, -0.25) is 4.79 Å². The van der Waals surface area contributed by atoms with Gasteiger partial charge in [0.2, 0.25) is 5.91 Å². The third-order valence-corrected chi connectivity index (χ3v) is 6.18. The maximum absolute atomic E-state index is 12.6. The third-order valence-electron chi connectivity index (χ3n) is 4.75. The van der Waals surface area contributed by atoms with Gasteiger partial charge in [0.25, 0.3) is 0 Å². The first-order chi connectivity index (χ1) is 13.0. The molecule has 0 saturated heterocycles. The summed E-state index contributed by atoms with van der Waals surface area (Å²) in [5, 5.41) is 14.7. The van der Waals surface area contributed by atoms with Gasteiger partial charge in [0.1, 0.15) is 10.6 Å². The predicted molar refractivity (Wildman–Crippen MR) is 110 cm³/mol. The molecule has 1 unspecified atom stereocenters. The summed E-state index contributed by atoms with van der Waals surface area (Å²) >= 11 is 4.63. The van der Waals surface area contributed by atoms with Gasteiger partial charge in [-0.2, -0.15) is 0 Å². The summed E-state index contributed by atoms with van der Waals surface area (Å²) in [7, 11) is 0. The normalized spacial score (nSPS) is 18.1. The molecule has 0 radical (unpaired) electrons. The summed E-state index contributed by atoms with van der Waals surface area (Å²) in [6.45, 7) is 0. The Morgan fingerprint density at radius 2 is 1.78 bits per heavy atom. The number of nitrogens with one attached hydrogen (secondary N) is 1. The minimum Gasteiger partial charge on any atom is -0.478 e. The van der Waals surface area contributed by atoms with Crippen molar-refractivity contribution in [2.24, 2.45) is 5.92 Å². The second kappa shape index (κ2) is 7.29. The number of carboxylic acid groups (broad SMARTS) is 1. The number of amides is 1. The number of carbonyl (C=O) groups is 2. The Labute approximate surface area is 169 Å². The molecular weight excluding hydrogens is 426 g/mol. The van der Waals surface area contributed by atoms with Crippen molar-refractivity contribution in [1.29, 1.82) is 0 Å². The van der Waals surface area contributed by atoms with Crippen LogP contribution in [0, 0.1) is 5.92 Å². The standard InChI is InChI=1S/C21H16BrNO3S/c22-14-8-6-13(7-9-14)17-11-27-20(18(17)21(25)26)23-19(24)16-10-15(16)12-4-2-1-3-5-12/h1-9,11,15-16H,10H2,(H,23,24)(H,25,26)/t15?,16-/m0/s1. The topological polar surface area (TPSA) is 66.4 Å². The molecule has 2 aromatic carbocycles. The van der Waals surface area contributed by atoms with Gasteiger partial charge in [-0.15, -0.1) is 11.3 Å². The molecule has 4 nitrogen and oxygen atoms in total. The SMILES string of the molecule is O=C(O)c1c(-c2ccc(Br)cc2)csc1NC(=O)[C@H]1CC1c1ccccc1. The molecule has 1 aliphatic carbocycles. The van der Waals surface area contributed by atoms with Crippen LogP contribution in [0.5, 0.6) is 0 Å². The maximum atomic E-state index is 12.6. The van der Waals surface area contributed by atoms with Crippen LogP contribution in [0.15, 0.2) is 64.5 Å². The number of carboxylic acids is 1. The van der Waals surface area contributed by atoms with E-state index >= 15 is 0 Å². The van der Waals surface area contributed by atoms with Crippen LogP contribution in [-0.4, -0.2) is 17.0 Å². The van der Waals surface area contributed by atoms with E-state index < -0.39 is 5.97 Å². The van der Waals surface area contributed by atoms with Crippen molar-refractivity contribution < 1.29 is 14.7 Å². The number of aromatic carboxylic acids is 1. The molecular formula is C21H16BrNO3S. The average molecular weight is 442 g/mol. The molecule has 1 aromatic heterocycles. The van der Waals surface area contributed by atoms with Crippen LogP contribution in [0.2, 0.25) is 0 Å². The van der Waals surface area contributed by atoms with Crippen molar-refractivity contribution >= 4 is 44.1 Å². The molecule has 4 rings (SSSR count). The number of halogens is 1. The second-order valence-corrected chi connectivity index (χ2v) is 8.31. The maximum Gasteiger partial charge on any atom is 0.339 e. The number of hydrogen-bond donors (Lipinski definition) is 2. The molecule has 27 heavy (non-hydrogen) atoms. The molecule has 0 bridgehead atoms. The molecule has 0 aliphatic heterocycles. The van der Waals surface area contributed by atoms with Crippen molar-refractivity contribution in [3.63, 3.8) is 0 Å². The molecule has 2 N–H and O–H groups in total. The minimum absolute atomic E-state index is 0.104. The van der Waals surface area contributed by atoms with Crippen LogP contribution in [0.3, 0.4) is 0 Å². The highest BCUT2D eigenvalue weighted by Gasteiger charge is 2.44. The number of carbonyl (C=O) groups excluding carboxylic acids is 1. The van der Waals surface area contributed by atoms with Crippen LogP contribution in [0.4, 0.5) is 5.00 Å². The number of anilines is 1. The summed E-state index contributed by atoms with van der Waals surface area (Å²) in [5.41, 5.74) is 2.72. The zero-order chi connectivity index (χ0) is 19.0. The molecule has 1 amide bonds. The van der Waals surface area contributed by atoms with Crippen LogP contribution < -0.4 is 5.32 Å². The molecule has 136 valence electrons. The van der Waals surface area contributed by atoms with Crippen molar-refractivity contribution in [2.45, 2.75) is 12.3 Å². The van der Waals surface area contributed by atoms with Gasteiger partial charge in [0, 0.05) is 21.3 Å². The largest absolute Gasteiger partial charge is 0.478 e.